The lowest BCUT2D eigenvalue weighted by Gasteiger charge is -2.39. The fourth-order valence-corrected chi connectivity index (χ4v) is 16.1. The van der Waals surface area contributed by atoms with Crippen molar-refractivity contribution in [2.45, 2.75) is 90.0 Å². The zero-order chi connectivity index (χ0) is 39.5. The summed E-state index contributed by atoms with van der Waals surface area (Å²) in [6, 6.07) is 43.3. The summed E-state index contributed by atoms with van der Waals surface area (Å²) in [6.07, 6.45) is 0. The van der Waals surface area contributed by atoms with Crippen LogP contribution in [0.4, 0.5) is 0 Å². The summed E-state index contributed by atoms with van der Waals surface area (Å²) in [4.78, 5) is 0. The highest BCUT2D eigenvalue weighted by molar-refractivity contribution is 7.16. The van der Waals surface area contributed by atoms with Gasteiger partial charge in [-0.25, -0.2) is 0 Å². The van der Waals surface area contributed by atoms with Gasteiger partial charge in [0.05, 0.1) is 0 Å². The number of hydrogen-bond acceptors (Lipinski definition) is 0. The lowest BCUT2D eigenvalue weighted by Crippen LogP contribution is -2.69. The summed E-state index contributed by atoms with van der Waals surface area (Å²) >= 11 is 0. The van der Waals surface area contributed by atoms with E-state index < -0.39 is 8.07 Å². The molecular formula is C54H58Si. The van der Waals surface area contributed by atoms with Crippen LogP contribution in [0.3, 0.4) is 0 Å². The van der Waals surface area contributed by atoms with Gasteiger partial charge in [0.2, 0.25) is 0 Å². The van der Waals surface area contributed by atoms with E-state index >= 15 is 0 Å². The van der Waals surface area contributed by atoms with Crippen molar-refractivity contribution in [3.8, 4) is 33.4 Å². The Morgan fingerprint density at radius 3 is 0.818 bits per heavy atom. The van der Waals surface area contributed by atoms with Gasteiger partial charge in [0, 0.05) is 0 Å². The quantitative estimate of drug-likeness (QED) is 0.113. The second-order valence-electron chi connectivity index (χ2n) is 16.9. The monoisotopic (exact) mass is 734 g/mol. The zero-order valence-corrected chi connectivity index (χ0v) is 36.5. The third kappa shape index (κ3) is 6.51. The molecule has 1 aliphatic carbocycles. The molecule has 55 heavy (non-hydrogen) atoms. The maximum absolute atomic E-state index is 2.84. The average molecular weight is 735 g/mol. The van der Waals surface area contributed by atoms with E-state index in [1.807, 2.05) is 0 Å². The van der Waals surface area contributed by atoms with Crippen molar-refractivity contribution in [3.63, 3.8) is 0 Å². The molecule has 0 amide bonds. The Balaban J connectivity index is 1.51. The maximum Gasteiger partial charge on any atom is 0.176 e. The highest BCUT2D eigenvalue weighted by atomic mass is 28.3. The van der Waals surface area contributed by atoms with Gasteiger partial charge in [-0.15, -0.1) is 0 Å². The molecule has 0 bridgehead atoms. The molecule has 0 nitrogen and oxygen atoms in total. The van der Waals surface area contributed by atoms with Crippen LogP contribution in [0.2, 0.25) is 0 Å². The summed E-state index contributed by atoms with van der Waals surface area (Å²) < 4.78 is 0. The SMILES string of the molecule is CC1=C(C)C(C)C([Si](c2ccc(-c3c(C)cc(C)cc3C)cc2)(c2ccc(-c3c(C)cc(C)cc3C)cc2)c2ccc(-c3c(C)cc(C)cc3C)cc2)=C1C. The van der Waals surface area contributed by atoms with Crippen molar-refractivity contribution in [1.29, 1.82) is 0 Å². The minimum Gasteiger partial charge on any atom is -0.0636 e. The lowest BCUT2D eigenvalue weighted by molar-refractivity contribution is 0.851. The maximum atomic E-state index is 2.49. The highest BCUT2D eigenvalue weighted by Gasteiger charge is 2.48. The van der Waals surface area contributed by atoms with E-state index in [-0.39, 0.29) is 0 Å². The smallest absolute Gasteiger partial charge is 0.0636 e. The number of hydrogen-bond donors (Lipinski definition) is 0. The van der Waals surface area contributed by atoms with Crippen LogP contribution in [0.15, 0.2) is 131 Å². The molecule has 6 aromatic rings. The van der Waals surface area contributed by atoms with Crippen molar-refractivity contribution >= 4 is 23.6 Å². The third-order valence-corrected chi connectivity index (χ3v) is 18.1. The molecule has 0 fully saturated rings. The van der Waals surface area contributed by atoms with Crippen molar-refractivity contribution in [2.75, 3.05) is 0 Å². The molecule has 1 aliphatic rings. The molecule has 0 saturated carbocycles. The number of aryl methyl sites for hydroxylation is 9. The van der Waals surface area contributed by atoms with Gasteiger partial charge < -0.3 is 0 Å². The fraction of sp³-hybridized carbons (Fsp3) is 0.259. The summed E-state index contributed by atoms with van der Waals surface area (Å²) in [5, 5.41) is 5.93. The molecule has 0 spiro atoms. The van der Waals surface area contributed by atoms with Gasteiger partial charge in [0.25, 0.3) is 0 Å². The second-order valence-corrected chi connectivity index (χ2v) is 20.6. The normalized spacial score (nSPS) is 14.7. The molecular weight excluding hydrogens is 677 g/mol. The minimum atomic E-state index is -2.84. The predicted molar refractivity (Wildman–Crippen MR) is 243 cm³/mol. The highest BCUT2D eigenvalue weighted by Crippen LogP contribution is 2.42. The van der Waals surface area contributed by atoms with Crippen molar-refractivity contribution in [2.24, 2.45) is 5.92 Å². The molecule has 1 heteroatoms. The van der Waals surface area contributed by atoms with E-state index in [4.69, 9.17) is 0 Å². The van der Waals surface area contributed by atoms with Crippen molar-refractivity contribution in [3.05, 3.63) is 181 Å². The Morgan fingerprint density at radius 1 is 0.345 bits per heavy atom. The van der Waals surface area contributed by atoms with E-state index in [0.29, 0.717) is 5.92 Å². The Hall–Kier alpha value is -4.98. The molecule has 0 heterocycles. The van der Waals surface area contributed by atoms with Crippen LogP contribution in [-0.2, 0) is 0 Å². The standard InChI is InChI=1S/C54H58Si/c1-32-26-35(4)51(36(5)27-32)45-14-20-48(21-15-45)55(54-43(12)41(10)42(11)44(54)13,49-22-16-46(17-23-49)52-37(6)28-33(2)29-38(52)7)50-24-18-47(19-25-50)53-39(8)30-34(3)31-40(53)9/h14-31,43H,1-13H3. The van der Waals surface area contributed by atoms with Gasteiger partial charge in [0.15, 0.2) is 8.07 Å². The van der Waals surface area contributed by atoms with E-state index in [1.165, 1.54) is 116 Å². The summed E-state index contributed by atoms with van der Waals surface area (Å²) in [6.45, 7) is 29.7. The molecule has 0 aliphatic heterocycles. The average Bonchev–Trinajstić information content (AvgIpc) is 3.31. The minimum absolute atomic E-state index is 0.343. The van der Waals surface area contributed by atoms with Crippen LogP contribution in [0, 0.1) is 68.2 Å². The van der Waals surface area contributed by atoms with E-state index in [1.54, 1.807) is 5.20 Å². The number of allylic oxidation sites excluding steroid dienone is 4. The Bertz CT molecular complexity index is 2210. The molecule has 278 valence electrons. The van der Waals surface area contributed by atoms with Gasteiger partial charge in [-0.1, -0.05) is 149 Å². The summed E-state index contributed by atoms with van der Waals surface area (Å²) in [7, 11) is -2.84. The first-order chi connectivity index (χ1) is 26.1. The Morgan fingerprint density at radius 2 is 0.600 bits per heavy atom. The molecule has 6 aromatic carbocycles. The second kappa shape index (κ2) is 14.6. The lowest BCUT2D eigenvalue weighted by atomic mass is 9.94. The van der Waals surface area contributed by atoms with Gasteiger partial charge >= 0.3 is 0 Å². The van der Waals surface area contributed by atoms with E-state index in [0.717, 1.165) is 0 Å². The van der Waals surface area contributed by atoms with E-state index in [9.17, 15) is 0 Å². The van der Waals surface area contributed by atoms with Crippen LogP contribution in [-0.4, -0.2) is 8.07 Å². The number of benzene rings is 6. The molecule has 0 N–H and O–H groups in total. The largest absolute Gasteiger partial charge is 0.176 e. The predicted octanol–water partition coefficient (Wildman–Crippen LogP) is 12.8. The molecule has 0 aromatic heterocycles. The summed E-state index contributed by atoms with van der Waals surface area (Å²) in [5.74, 6) is 0.343. The van der Waals surface area contributed by atoms with Crippen molar-refractivity contribution < 1.29 is 0 Å². The fourth-order valence-electron chi connectivity index (χ4n) is 10.5. The summed E-state index contributed by atoms with van der Waals surface area (Å²) in [5.41, 5.74) is 24.3. The van der Waals surface area contributed by atoms with Gasteiger partial charge in [0.1, 0.15) is 0 Å². The molecule has 7 rings (SSSR count). The van der Waals surface area contributed by atoms with Crippen molar-refractivity contribution in [1.82, 2.24) is 0 Å². The van der Waals surface area contributed by atoms with Gasteiger partial charge in [-0.3, -0.25) is 0 Å². The van der Waals surface area contributed by atoms with Gasteiger partial charge in [-0.05, 0) is 177 Å². The van der Waals surface area contributed by atoms with Crippen LogP contribution in [0.5, 0.6) is 0 Å². The van der Waals surface area contributed by atoms with Crippen LogP contribution < -0.4 is 15.6 Å². The number of rotatable bonds is 7. The Kier molecular flexibility index (Phi) is 10.2. The first kappa shape index (κ1) is 38.3. The Labute approximate surface area is 332 Å². The molecule has 1 unspecified atom stereocenters. The first-order valence-corrected chi connectivity index (χ1v) is 22.1. The zero-order valence-electron chi connectivity index (χ0n) is 35.5. The molecule has 0 radical (unpaired) electrons. The topological polar surface area (TPSA) is 0 Å². The first-order valence-electron chi connectivity index (χ1n) is 20.1. The molecule has 1 atom stereocenters. The molecule has 0 saturated heterocycles. The third-order valence-electron chi connectivity index (χ3n) is 12.9. The van der Waals surface area contributed by atoms with Crippen LogP contribution in [0.1, 0.15) is 77.8 Å². The van der Waals surface area contributed by atoms with E-state index in [2.05, 4.69) is 199 Å². The van der Waals surface area contributed by atoms with Gasteiger partial charge in [-0.2, -0.15) is 0 Å². The van der Waals surface area contributed by atoms with Crippen LogP contribution in [0.25, 0.3) is 33.4 Å². The van der Waals surface area contributed by atoms with Crippen LogP contribution >= 0.6 is 0 Å².